The van der Waals surface area contributed by atoms with Crippen LogP contribution in [-0.2, 0) is 33.8 Å². The number of rotatable bonds is 10. The topological polar surface area (TPSA) is 127 Å². The van der Waals surface area contributed by atoms with Gasteiger partial charge >= 0.3 is 5.97 Å². The molecule has 10 nitrogen and oxygen atoms in total. The van der Waals surface area contributed by atoms with E-state index < -0.39 is 12.0 Å². The highest BCUT2D eigenvalue weighted by molar-refractivity contribution is 6.09. The van der Waals surface area contributed by atoms with Crippen LogP contribution in [0, 0.1) is 0 Å². The van der Waals surface area contributed by atoms with E-state index in [-0.39, 0.29) is 18.5 Å². The van der Waals surface area contributed by atoms with Gasteiger partial charge in [0.15, 0.2) is 0 Å². The van der Waals surface area contributed by atoms with Gasteiger partial charge in [-0.15, -0.1) is 0 Å². The molecule has 10 heteroatoms. The van der Waals surface area contributed by atoms with Gasteiger partial charge in [0.1, 0.15) is 12.6 Å². The maximum absolute atomic E-state index is 13.5. The molecule has 3 N–H and O–H groups in total. The lowest BCUT2D eigenvalue weighted by molar-refractivity contribution is -0.138. The quantitative estimate of drug-likeness (QED) is 0.297. The molecule has 0 spiro atoms. The van der Waals surface area contributed by atoms with Gasteiger partial charge in [-0.2, -0.15) is 0 Å². The smallest absolute Gasteiger partial charge is 0.320 e. The van der Waals surface area contributed by atoms with Crippen molar-refractivity contribution in [2.45, 2.75) is 57.3 Å². The molecule has 2 atom stereocenters. The van der Waals surface area contributed by atoms with Crippen molar-refractivity contribution < 1.29 is 19.4 Å². The van der Waals surface area contributed by atoms with E-state index in [1.807, 2.05) is 41.6 Å². The summed E-state index contributed by atoms with van der Waals surface area (Å²) in [5.74, 6) is -0.909. The number of carbonyl (C=O) groups excluding carboxylic acids is 1. The Bertz CT molecular complexity index is 1580. The van der Waals surface area contributed by atoms with E-state index in [4.69, 9.17) is 20.4 Å². The first-order chi connectivity index (χ1) is 20.5. The van der Waals surface area contributed by atoms with Crippen molar-refractivity contribution in [1.82, 2.24) is 24.3 Å². The Hall–Kier alpha value is -3.86. The first-order valence-electron chi connectivity index (χ1n) is 14.9. The van der Waals surface area contributed by atoms with E-state index in [9.17, 15) is 14.7 Å². The van der Waals surface area contributed by atoms with E-state index >= 15 is 0 Å². The summed E-state index contributed by atoms with van der Waals surface area (Å²) in [5, 5.41) is 11.5. The number of nitrogens with two attached hydrogens (primary N) is 1. The number of para-hydroxylation sites is 1. The Morgan fingerprint density at radius 2 is 1.90 bits per heavy atom. The molecule has 0 unspecified atom stereocenters. The zero-order valence-corrected chi connectivity index (χ0v) is 23.8. The molecule has 42 heavy (non-hydrogen) atoms. The molecular formula is C32H38N6O4. The molecule has 1 amide bonds. The second-order valence-corrected chi connectivity index (χ2v) is 11.3. The van der Waals surface area contributed by atoms with E-state index in [1.54, 1.807) is 0 Å². The van der Waals surface area contributed by atoms with E-state index in [0.29, 0.717) is 52.2 Å². The SMILES string of the molecule is N[C@@H](CCCN(Cc1nccc2c3ccccc3n(CC(=O)N3CCOCC3)c12)[C@H]1CCCc2cccnc21)C(=O)O. The van der Waals surface area contributed by atoms with E-state index in [2.05, 4.69) is 27.7 Å². The number of carboxylic acids is 1. The molecule has 1 aliphatic carbocycles. The number of benzene rings is 1. The van der Waals surface area contributed by atoms with Crippen molar-refractivity contribution in [2.75, 3.05) is 32.8 Å². The fraction of sp³-hybridized carbons (Fsp3) is 0.438. The summed E-state index contributed by atoms with van der Waals surface area (Å²) >= 11 is 0. The number of pyridine rings is 2. The molecule has 1 fully saturated rings. The number of morpholine rings is 1. The third-order valence-electron chi connectivity index (χ3n) is 8.65. The summed E-state index contributed by atoms with van der Waals surface area (Å²) in [5.41, 5.74) is 11.1. The van der Waals surface area contributed by atoms with Gasteiger partial charge in [-0.05, 0) is 62.4 Å². The van der Waals surface area contributed by atoms with Crippen molar-refractivity contribution in [3.63, 3.8) is 0 Å². The summed E-state index contributed by atoms with van der Waals surface area (Å²) in [6.45, 7) is 3.74. The zero-order chi connectivity index (χ0) is 29.1. The maximum atomic E-state index is 13.5. The number of aliphatic carboxylic acids is 1. The van der Waals surface area contributed by atoms with Crippen molar-refractivity contribution >= 4 is 33.7 Å². The van der Waals surface area contributed by atoms with Crippen LogP contribution in [0.1, 0.15) is 48.7 Å². The molecule has 4 aromatic rings. The summed E-state index contributed by atoms with van der Waals surface area (Å²) in [6, 6.07) is 13.6. The Morgan fingerprint density at radius 3 is 2.74 bits per heavy atom. The number of ether oxygens (including phenoxy) is 1. The molecule has 0 bridgehead atoms. The fourth-order valence-corrected chi connectivity index (χ4v) is 6.52. The summed E-state index contributed by atoms with van der Waals surface area (Å²) in [4.78, 5) is 38.8. The first-order valence-corrected chi connectivity index (χ1v) is 14.9. The average Bonchev–Trinajstić information content (AvgIpc) is 3.34. The second-order valence-electron chi connectivity index (χ2n) is 11.3. The van der Waals surface area contributed by atoms with Crippen molar-refractivity contribution in [1.29, 1.82) is 0 Å². The third-order valence-corrected chi connectivity index (χ3v) is 8.65. The molecule has 0 saturated carbocycles. The van der Waals surface area contributed by atoms with Crippen molar-refractivity contribution in [2.24, 2.45) is 5.73 Å². The molecule has 1 saturated heterocycles. The number of nitrogens with zero attached hydrogens (tertiary/aromatic N) is 5. The van der Waals surface area contributed by atoms with Crippen LogP contribution in [0.2, 0.25) is 0 Å². The highest BCUT2D eigenvalue weighted by Crippen LogP contribution is 2.36. The van der Waals surface area contributed by atoms with Gasteiger partial charge in [0.2, 0.25) is 5.91 Å². The lowest BCUT2D eigenvalue weighted by atomic mass is 9.90. The number of carbonyl (C=O) groups is 2. The minimum Gasteiger partial charge on any atom is -0.480 e. The molecule has 1 aliphatic heterocycles. The van der Waals surface area contributed by atoms with Gasteiger partial charge in [-0.1, -0.05) is 24.3 Å². The maximum Gasteiger partial charge on any atom is 0.320 e. The predicted molar refractivity (Wildman–Crippen MR) is 160 cm³/mol. The van der Waals surface area contributed by atoms with Crippen molar-refractivity contribution in [3.8, 4) is 0 Å². The normalized spacial score (nSPS) is 18.0. The standard InChI is InChI=1S/C32H38N6O4/c33-25(32(40)41)9-5-15-37(28-11-3-6-22-7-4-13-35-30(22)28)20-26-31-24(12-14-34-26)23-8-1-2-10-27(23)38(31)21-29(39)36-16-18-42-19-17-36/h1-2,4,7-8,10,12-14,25,28H,3,5-6,9,11,15-21,33H2,(H,40,41)/t25-,28-/m0/s1. The summed E-state index contributed by atoms with van der Waals surface area (Å²) < 4.78 is 7.59. The lowest BCUT2D eigenvalue weighted by Crippen LogP contribution is -2.42. The molecule has 3 aromatic heterocycles. The van der Waals surface area contributed by atoms with E-state index in [1.165, 1.54) is 5.56 Å². The second kappa shape index (κ2) is 12.6. The zero-order valence-electron chi connectivity index (χ0n) is 23.8. The van der Waals surface area contributed by atoms with Gasteiger partial charge in [-0.3, -0.25) is 24.5 Å². The van der Waals surface area contributed by atoms with Crippen LogP contribution in [0.3, 0.4) is 0 Å². The number of carboxylic acid groups (broad SMARTS) is 1. The fourth-order valence-electron chi connectivity index (χ4n) is 6.52. The van der Waals surface area contributed by atoms with Crippen LogP contribution in [-0.4, -0.2) is 80.2 Å². The van der Waals surface area contributed by atoms with Crippen molar-refractivity contribution in [3.05, 3.63) is 71.8 Å². The molecule has 0 radical (unpaired) electrons. The molecule has 1 aromatic carbocycles. The molecule has 220 valence electrons. The Morgan fingerprint density at radius 1 is 1.07 bits per heavy atom. The molecule has 6 rings (SSSR count). The number of hydrogen-bond acceptors (Lipinski definition) is 7. The molecule has 4 heterocycles. The highest BCUT2D eigenvalue weighted by atomic mass is 16.5. The van der Waals surface area contributed by atoms with Gasteiger partial charge in [0.05, 0.1) is 36.2 Å². The van der Waals surface area contributed by atoms with Gasteiger partial charge in [0.25, 0.3) is 0 Å². The summed E-state index contributed by atoms with van der Waals surface area (Å²) in [7, 11) is 0. The van der Waals surface area contributed by atoms with Crippen LogP contribution in [0.15, 0.2) is 54.9 Å². The van der Waals surface area contributed by atoms with Crippen LogP contribution < -0.4 is 5.73 Å². The largest absolute Gasteiger partial charge is 0.480 e. The summed E-state index contributed by atoms with van der Waals surface area (Å²) in [6.07, 6.45) is 7.75. The molecule has 2 aliphatic rings. The van der Waals surface area contributed by atoms with E-state index in [0.717, 1.165) is 52.5 Å². The molecular weight excluding hydrogens is 532 g/mol. The van der Waals surface area contributed by atoms with Crippen LogP contribution in [0.5, 0.6) is 0 Å². The monoisotopic (exact) mass is 570 g/mol. The first kappa shape index (κ1) is 28.3. The number of fused-ring (bicyclic) bond motifs is 4. The number of aromatic nitrogens is 3. The average molecular weight is 571 g/mol. The Balaban J connectivity index is 1.38. The highest BCUT2D eigenvalue weighted by Gasteiger charge is 2.29. The van der Waals surface area contributed by atoms with Gasteiger partial charge in [-0.25, -0.2) is 0 Å². The van der Waals surface area contributed by atoms with Gasteiger partial charge in [0, 0.05) is 48.3 Å². The Labute approximate surface area is 245 Å². The van der Waals surface area contributed by atoms with Crippen LogP contribution >= 0.6 is 0 Å². The number of aryl methyl sites for hydroxylation is 1. The van der Waals surface area contributed by atoms with Crippen LogP contribution in [0.4, 0.5) is 0 Å². The third kappa shape index (κ3) is 5.74. The van der Waals surface area contributed by atoms with Gasteiger partial charge < -0.3 is 25.0 Å². The number of hydrogen-bond donors (Lipinski definition) is 2. The predicted octanol–water partition coefficient (Wildman–Crippen LogP) is 3.52. The minimum absolute atomic E-state index is 0.0701. The number of amides is 1. The van der Waals surface area contributed by atoms with Crippen LogP contribution in [0.25, 0.3) is 21.8 Å². The minimum atomic E-state index is -0.980. The Kier molecular flexibility index (Phi) is 8.46. The lowest BCUT2D eigenvalue weighted by Gasteiger charge is -2.35.